The van der Waals surface area contributed by atoms with Gasteiger partial charge in [0.2, 0.25) is 5.91 Å². The summed E-state index contributed by atoms with van der Waals surface area (Å²) in [5, 5.41) is 4.48. The highest BCUT2D eigenvalue weighted by Crippen LogP contribution is 2.26. The van der Waals surface area contributed by atoms with Gasteiger partial charge in [-0.3, -0.25) is 14.4 Å². The first kappa shape index (κ1) is 20.9. The van der Waals surface area contributed by atoms with E-state index < -0.39 is 0 Å². The quantitative estimate of drug-likeness (QED) is 0.729. The van der Waals surface area contributed by atoms with Gasteiger partial charge < -0.3 is 14.4 Å². The zero-order valence-corrected chi connectivity index (χ0v) is 18.1. The summed E-state index contributed by atoms with van der Waals surface area (Å²) < 4.78 is 13.4. The Morgan fingerprint density at radius 1 is 1.17 bits per heavy atom. The van der Waals surface area contributed by atoms with Crippen LogP contribution in [0.1, 0.15) is 35.7 Å². The van der Waals surface area contributed by atoms with Gasteiger partial charge in [-0.15, -0.1) is 0 Å². The minimum Gasteiger partial charge on any atom is -0.492 e. The molecular weight excluding hydrogens is 380 g/mol. The molecule has 1 fully saturated rings. The molecule has 0 spiro atoms. The van der Waals surface area contributed by atoms with Crippen molar-refractivity contribution in [3.63, 3.8) is 0 Å². The van der Waals surface area contributed by atoms with E-state index in [1.807, 2.05) is 15.8 Å². The first-order chi connectivity index (χ1) is 14.6. The number of rotatable bonds is 6. The molecule has 30 heavy (non-hydrogen) atoms. The van der Waals surface area contributed by atoms with Crippen molar-refractivity contribution in [2.45, 2.75) is 46.3 Å². The highest BCUT2D eigenvalue weighted by Gasteiger charge is 2.19. The van der Waals surface area contributed by atoms with E-state index in [9.17, 15) is 4.79 Å². The minimum atomic E-state index is 0.217. The molecular formula is C23H32N4O3. The van der Waals surface area contributed by atoms with Gasteiger partial charge in [-0.1, -0.05) is 12.1 Å². The van der Waals surface area contributed by atoms with Crippen LogP contribution in [0.15, 0.2) is 24.4 Å². The molecule has 1 saturated heterocycles. The van der Waals surface area contributed by atoms with E-state index in [1.54, 1.807) is 0 Å². The zero-order valence-electron chi connectivity index (χ0n) is 18.1. The van der Waals surface area contributed by atoms with Crippen LogP contribution in [-0.2, 0) is 35.6 Å². The van der Waals surface area contributed by atoms with Crippen molar-refractivity contribution in [1.82, 2.24) is 19.6 Å². The molecule has 3 heterocycles. The van der Waals surface area contributed by atoms with Gasteiger partial charge in [0, 0.05) is 62.5 Å². The van der Waals surface area contributed by atoms with Crippen molar-refractivity contribution in [2.75, 3.05) is 39.5 Å². The van der Waals surface area contributed by atoms with Crippen LogP contribution >= 0.6 is 0 Å². The van der Waals surface area contributed by atoms with Gasteiger partial charge in [0.15, 0.2) is 0 Å². The standard InChI is InChI=1S/C23H32N4O3/c1-3-27-18(2)21(15-24-27)17-25-8-13-30-22-6-4-19(14-20(22)16-25)5-7-23(28)26-9-11-29-12-10-26/h4,6,14-15H,3,5,7-13,16-17H2,1-2H3. The summed E-state index contributed by atoms with van der Waals surface area (Å²) in [6, 6.07) is 6.37. The molecule has 162 valence electrons. The average Bonchev–Trinajstić information content (AvgIpc) is 3.00. The van der Waals surface area contributed by atoms with Crippen LogP contribution in [-0.4, -0.2) is 64.9 Å². The maximum absolute atomic E-state index is 12.5. The van der Waals surface area contributed by atoms with Crippen LogP contribution in [0.25, 0.3) is 0 Å². The first-order valence-electron chi connectivity index (χ1n) is 11.0. The summed E-state index contributed by atoms with van der Waals surface area (Å²) in [6.45, 7) is 11.1. The first-order valence-corrected chi connectivity index (χ1v) is 11.0. The molecule has 0 radical (unpaired) electrons. The summed E-state index contributed by atoms with van der Waals surface area (Å²) in [6.07, 6.45) is 3.28. The average molecular weight is 413 g/mol. The van der Waals surface area contributed by atoms with Crippen molar-refractivity contribution < 1.29 is 14.3 Å². The van der Waals surface area contributed by atoms with Crippen molar-refractivity contribution in [2.24, 2.45) is 0 Å². The van der Waals surface area contributed by atoms with Gasteiger partial charge in [0.25, 0.3) is 0 Å². The minimum absolute atomic E-state index is 0.217. The number of aromatic nitrogens is 2. The van der Waals surface area contributed by atoms with Gasteiger partial charge in [-0.05, 0) is 31.9 Å². The molecule has 2 aliphatic rings. The SMILES string of the molecule is CCn1ncc(CN2CCOc3ccc(CCC(=O)N4CCOCC4)cc3C2)c1C. The molecule has 0 atom stereocenters. The third-order valence-corrected chi connectivity index (χ3v) is 6.07. The van der Waals surface area contributed by atoms with Crippen molar-refractivity contribution >= 4 is 5.91 Å². The fraction of sp³-hybridized carbons (Fsp3) is 0.565. The monoisotopic (exact) mass is 412 g/mol. The molecule has 7 heteroatoms. The number of ether oxygens (including phenoxy) is 2. The molecule has 1 amide bonds. The van der Waals surface area contributed by atoms with E-state index >= 15 is 0 Å². The fourth-order valence-electron chi connectivity index (χ4n) is 4.21. The highest BCUT2D eigenvalue weighted by atomic mass is 16.5. The molecule has 0 N–H and O–H groups in total. The molecule has 0 aliphatic carbocycles. The number of fused-ring (bicyclic) bond motifs is 1. The smallest absolute Gasteiger partial charge is 0.223 e. The van der Waals surface area contributed by atoms with Crippen molar-refractivity contribution in [3.05, 3.63) is 46.8 Å². The van der Waals surface area contributed by atoms with Gasteiger partial charge in [-0.25, -0.2) is 0 Å². The van der Waals surface area contributed by atoms with Crippen LogP contribution in [0.5, 0.6) is 5.75 Å². The van der Waals surface area contributed by atoms with Crippen molar-refractivity contribution in [3.8, 4) is 5.75 Å². The zero-order chi connectivity index (χ0) is 20.9. The molecule has 7 nitrogen and oxygen atoms in total. The molecule has 1 aromatic heterocycles. The number of carbonyl (C=O) groups excluding carboxylic acids is 1. The van der Waals surface area contributed by atoms with E-state index in [-0.39, 0.29) is 5.91 Å². The van der Waals surface area contributed by atoms with Gasteiger partial charge >= 0.3 is 0 Å². The lowest BCUT2D eigenvalue weighted by atomic mass is 10.0. The number of amides is 1. The number of morpholine rings is 1. The molecule has 2 aromatic rings. The number of aryl methyl sites for hydroxylation is 2. The Morgan fingerprint density at radius 3 is 2.77 bits per heavy atom. The summed E-state index contributed by atoms with van der Waals surface area (Å²) >= 11 is 0. The highest BCUT2D eigenvalue weighted by molar-refractivity contribution is 5.76. The topological polar surface area (TPSA) is 59.8 Å². The summed E-state index contributed by atoms with van der Waals surface area (Å²) in [7, 11) is 0. The lowest BCUT2D eigenvalue weighted by Crippen LogP contribution is -2.40. The Morgan fingerprint density at radius 2 is 2.00 bits per heavy atom. The summed E-state index contributed by atoms with van der Waals surface area (Å²) in [4.78, 5) is 16.8. The number of benzene rings is 1. The Balaban J connectivity index is 1.39. The van der Waals surface area contributed by atoms with Gasteiger partial charge in [0.1, 0.15) is 12.4 Å². The number of hydrogen-bond acceptors (Lipinski definition) is 5. The Hall–Kier alpha value is -2.38. The third kappa shape index (κ3) is 4.84. The van der Waals surface area contributed by atoms with Gasteiger partial charge in [0.05, 0.1) is 19.4 Å². The molecule has 1 aromatic carbocycles. The second-order valence-corrected chi connectivity index (χ2v) is 8.07. The van der Waals surface area contributed by atoms with Crippen LogP contribution in [0.2, 0.25) is 0 Å². The second-order valence-electron chi connectivity index (χ2n) is 8.07. The normalized spacial score (nSPS) is 17.3. The predicted molar refractivity (Wildman–Crippen MR) is 114 cm³/mol. The largest absolute Gasteiger partial charge is 0.492 e. The van der Waals surface area contributed by atoms with E-state index in [4.69, 9.17) is 9.47 Å². The molecule has 0 saturated carbocycles. The predicted octanol–water partition coefficient (Wildman–Crippen LogP) is 2.40. The molecule has 0 bridgehead atoms. The second kappa shape index (κ2) is 9.62. The maximum Gasteiger partial charge on any atom is 0.223 e. The van der Waals surface area contributed by atoms with Crippen LogP contribution < -0.4 is 4.74 Å². The van der Waals surface area contributed by atoms with Crippen LogP contribution in [0.3, 0.4) is 0 Å². The summed E-state index contributed by atoms with van der Waals surface area (Å²) in [5.74, 6) is 1.18. The number of nitrogens with zero attached hydrogens (tertiary/aromatic N) is 4. The number of hydrogen-bond donors (Lipinski definition) is 0. The lowest BCUT2D eigenvalue weighted by Gasteiger charge is -2.26. The lowest BCUT2D eigenvalue weighted by molar-refractivity contribution is -0.135. The Bertz CT molecular complexity index is 873. The maximum atomic E-state index is 12.5. The molecule has 0 unspecified atom stereocenters. The summed E-state index contributed by atoms with van der Waals surface area (Å²) in [5.41, 5.74) is 4.89. The molecule has 2 aliphatic heterocycles. The van der Waals surface area contributed by atoms with Crippen LogP contribution in [0, 0.1) is 6.92 Å². The number of carbonyl (C=O) groups is 1. The van der Waals surface area contributed by atoms with Crippen molar-refractivity contribution in [1.29, 1.82) is 0 Å². The Labute approximate surface area is 178 Å². The van der Waals surface area contributed by atoms with Gasteiger partial charge in [-0.2, -0.15) is 5.10 Å². The van der Waals surface area contributed by atoms with E-state index in [2.05, 4.69) is 42.0 Å². The van der Waals surface area contributed by atoms with E-state index in [0.29, 0.717) is 39.3 Å². The Kier molecular flexibility index (Phi) is 6.69. The van der Waals surface area contributed by atoms with E-state index in [0.717, 1.165) is 38.3 Å². The molecule has 4 rings (SSSR count). The fourth-order valence-corrected chi connectivity index (χ4v) is 4.21. The van der Waals surface area contributed by atoms with Crippen LogP contribution in [0.4, 0.5) is 0 Å². The van der Waals surface area contributed by atoms with E-state index in [1.165, 1.54) is 22.4 Å². The third-order valence-electron chi connectivity index (χ3n) is 6.07.